The van der Waals surface area contributed by atoms with Gasteiger partial charge in [0.1, 0.15) is 11.9 Å². The molecule has 0 bridgehead atoms. The minimum Gasteiger partial charge on any atom is -0.352 e. The van der Waals surface area contributed by atoms with Gasteiger partial charge in [0.05, 0.1) is 11.9 Å². The summed E-state index contributed by atoms with van der Waals surface area (Å²) in [5.74, 6) is -0.852. The third kappa shape index (κ3) is 9.13. The molecule has 0 spiro atoms. The number of carbonyl (C=O) groups excluding carboxylic acids is 2. The summed E-state index contributed by atoms with van der Waals surface area (Å²) in [6.45, 7) is 4.02. The molecule has 1 aliphatic carbocycles. The Labute approximate surface area is 255 Å². The Bertz CT molecular complexity index is 1490. The maximum Gasteiger partial charge on any atom is 0.243 e. The summed E-state index contributed by atoms with van der Waals surface area (Å²) in [6.07, 6.45) is 5.74. The number of anilines is 1. The summed E-state index contributed by atoms with van der Waals surface area (Å²) < 4.78 is 40.6. The van der Waals surface area contributed by atoms with Gasteiger partial charge in [0.25, 0.3) is 0 Å². The molecule has 3 aromatic rings. The van der Waals surface area contributed by atoms with E-state index in [2.05, 4.69) is 5.32 Å². The molecular formula is C34H42FN3O4S. The van der Waals surface area contributed by atoms with E-state index in [1.165, 1.54) is 22.7 Å². The zero-order chi connectivity index (χ0) is 31.0. The number of carbonyl (C=O) groups is 2. The Balaban J connectivity index is 1.59. The van der Waals surface area contributed by atoms with Crippen LogP contribution in [-0.4, -0.2) is 50.0 Å². The van der Waals surface area contributed by atoms with E-state index in [9.17, 15) is 22.4 Å². The van der Waals surface area contributed by atoms with Crippen LogP contribution in [0.15, 0.2) is 72.8 Å². The van der Waals surface area contributed by atoms with E-state index in [0.717, 1.165) is 42.4 Å². The normalized spacial score (nSPS) is 14.3. The molecule has 0 heterocycles. The zero-order valence-electron chi connectivity index (χ0n) is 25.3. The lowest BCUT2D eigenvalue weighted by molar-refractivity contribution is -0.141. The predicted octanol–water partition coefficient (Wildman–Crippen LogP) is 5.69. The van der Waals surface area contributed by atoms with Crippen molar-refractivity contribution >= 4 is 27.5 Å². The summed E-state index contributed by atoms with van der Waals surface area (Å²) in [7, 11) is -3.60. The number of nitrogens with zero attached hydrogens (tertiary/aromatic N) is 2. The van der Waals surface area contributed by atoms with Crippen molar-refractivity contribution in [1.29, 1.82) is 0 Å². The zero-order valence-corrected chi connectivity index (χ0v) is 26.1. The van der Waals surface area contributed by atoms with Gasteiger partial charge in [0.2, 0.25) is 21.8 Å². The van der Waals surface area contributed by atoms with Crippen LogP contribution in [0.25, 0.3) is 0 Å². The molecule has 0 aliphatic heterocycles. The Morgan fingerprint density at radius 2 is 1.63 bits per heavy atom. The van der Waals surface area contributed by atoms with E-state index >= 15 is 0 Å². The number of amides is 2. The second-order valence-corrected chi connectivity index (χ2v) is 13.5. The second-order valence-electron chi connectivity index (χ2n) is 11.6. The molecule has 1 saturated carbocycles. The first-order chi connectivity index (χ1) is 20.5. The van der Waals surface area contributed by atoms with Gasteiger partial charge in [-0.25, -0.2) is 12.8 Å². The van der Waals surface area contributed by atoms with Crippen LogP contribution in [0.5, 0.6) is 0 Å². The average molecular weight is 608 g/mol. The summed E-state index contributed by atoms with van der Waals surface area (Å²) in [5, 5.41) is 3.18. The van der Waals surface area contributed by atoms with Crippen molar-refractivity contribution in [2.75, 3.05) is 17.1 Å². The van der Waals surface area contributed by atoms with Crippen molar-refractivity contribution in [2.45, 2.75) is 77.4 Å². The fraction of sp³-hybridized carbons (Fsp3) is 0.412. The molecule has 3 aromatic carbocycles. The Morgan fingerprint density at radius 1 is 0.953 bits per heavy atom. The van der Waals surface area contributed by atoms with E-state index in [4.69, 9.17) is 0 Å². The summed E-state index contributed by atoms with van der Waals surface area (Å²) in [4.78, 5) is 29.4. The molecular weight excluding hydrogens is 565 g/mol. The molecule has 0 aromatic heterocycles. The number of halogens is 1. The van der Waals surface area contributed by atoms with Gasteiger partial charge in [-0.05, 0) is 73.6 Å². The molecule has 2 amide bonds. The fourth-order valence-corrected chi connectivity index (χ4v) is 6.69. The lowest BCUT2D eigenvalue weighted by Gasteiger charge is -2.33. The molecule has 1 aliphatic rings. The molecule has 9 heteroatoms. The highest BCUT2D eigenvalue weighted by atomic mass is 32.2. The number of nitrogens with one attached hydrogen (secondary N) is 1. The van der Waals surface area contributed by atoms with Gasteiger partial charge in [0.15, 0.2) is 0 Å². The van der Waals surface area contributed by atoms with Gasteiger partial charge in [0, 0.05) is 32.0 Å². The monoisotopic (exact) mass is 607 g/mol. The Kier molecular flexibility index (Phi) is 11.0. The molecule has 1 atom stereocenters. The van der Waals surface area contributed by atoms with Crippen LogP contribution >= 0.6 is 0 Å². The maximum absolute atomic E-state index is 14.0. The largest absolute Gasteiger partial charge is 0.352 e. The SMILES string of the molecule is Cc1ccc(C)c(N(CCCC(=O)N(Cc2ccc(F)cc2)C(Cc2ccccc2)C(=O)NC2CCCC2)S(C)(=O)=O)c1. The average Bonchev–Trinajstić information content (AvgIpc) is 3.48. The third-order valence-corrected chi connectivity index (χ3v) is 9.20. The number of benzene rings is 3. The van der Waals surface area contributed by atoms with Crippen molar-refractivity contribution in [1.82, 2.24) is 10.2 Å². The molecule has 0 radical (unpaired) electrons. The van der Waals surface area contributed by atoms with Gasteiger partial charge in [-0.1, -0.05) is 67.4 Å². The number of hydrogen-bond acceptors (Lipinski definition) is 4. The van der Waals surface area contributed by atoms with Crippen LogP contribution in [0.2, 0.25) is 0 Å². The number of aryl methyl sites for hydroxylation is 2. The van der Waals surface area contributed by atoms with Gasteiger partial charge in [-0.2, -0.15) is 0 Å². The van der Waals surface area contributed by atoms with Crippen molar-refractivity contribution in [3.05, 3.63) is 101 Å². The molecule has 1 N–H and O–H groups in total. The van der Waals surface area contributed by atoms with Crippen molar-refractivity contribution in [3.63, 3.8) is 0 Å². The smallest absolute Gasteiger partial charge is 0.243 e. The van der Waals surface area contributed by atoms with Crippen molar-refractivity contribution in [2.24, 2.45) is 0 Å². The molecule has 7 nitrogen and oxygen atoms in total. The molecule has 0 saturated heterocycles. The van der Waals surface area contributed by atoms with E-state index in [0.29, 0.717) is 17.7 Å². The second kappa shape index (κ2) is 14.6. The number of hydrogen-bond donors (Lipinski definition) is 1. The predicted molar refractivity (Wildman–Crippen MR) is 169 cm³/mol. The standard InChI is InChI=1S/C34H42FN3O4S/c1-25-15-16-26(2)31(22-25)38(43(3,41)42)21-9-14-33(39)37(24-28-17-19-29(35)20-18-28)32(23-27-10-5-4-6-11-27)34(40)36-30-12-7-8-13-30/h4-6,10-11,15-20,22,30,32H,7-9,12-14,21,23-24H2,1-3H3,(H,36,40). The number of rotatable bonds is 13. The first-order valence-electron chi connectivity index (χ1n) is 14.9. The summed E-state index contributed by atoms with van der Waals surface area (Å²) in [6, 6.07) is 20.5. The van der Waals surface area contributed by atoms with Gasteiger partial charge in [-0.15, -0.1) is 0 Å². The van der Waals surface area contributed by atoms with Crippen LogP contribution < -0.4 is 9.62 Å². The molecule has 230 valence electrons. The lowest BCUT2D eigenvalue weighted by atomic mass is 10.0. The number of sulfonamides is 1. The highest BCUT2D eigenvalue weighted by Crippen LogP contribution is 2.25. The van der Waals surface area contributed by atoms with Gasteiger partial charge < -0.3 is 10.2 Å². The van der Waals surface area contributed by atoms with Crippen LogP contribution in [0.4, 0.5) is 10.1 Å². The van der Waals surface area contributed by atoms with Crippen LogP contribution in [-0.2, 0) is 32.6 Å². The van der Waals surface area contributed by atoms with Crippen LogP contribution in [0.3, 0.4) is 0 Å². The van der Waals surface area contributed by atoms with E-state index in [1.807, 2.05) is 62.4 Å². The van der Waals surface area contributed by atoms with Crippen molar-refractivity contribution in [3.8, 4) is 0 Å². The highest BCUT2D eigenvalue weighted by Gasteiger charge is 2.32. The lowest BCUT2D eigenvalue weighted by Crippen LogP contribution is -2.52. The van der Waals surface area contributed by atoms with Crippen LogP contribution in [0, 0.1) is 19.7 Å². The minimum atomic E-state index is -3.60. The Hall–Kier alpha value is -3.72. The fourth-order valence-electron chi connectivity index (χ4n) is 5.68. The quantitative estimate of drug-likeness (QED) is 0.271. The molecule has 1 fully saturated rings. The highest BCUT2D eigenvalue weighted by molar-refractivity contribution is 7.92. The molecule has 4 rings (SSSR count). The topological polar surface area (TPSA) is 86.8 Å². The van der Waals surface area contributed by atoms with E-state index in [-0.39, 0.29) is 49.6 Å². The van der Waals surface area contributed by atoms with Gasteiger partial charge in [-0.3, -0.25) is 13.9 Å². The third-order valence-electron chi connectivity index (χ3n) is 8.02. The van der Waals surface area contributed by atoms with Crippen molar-refractivity contribution < 1.29 is 22.4 Å². The van der Waals surface area contributed by atoms with Gasteiger partial charge >= 0.3 is 0 Å². The minimum absolute atomic E-state index is 0.0417. The molecule has 1 unspecified atom stereocenters. The van der Waals surface area contributed by atoms with E-state index in [1.54, 1.807) is 17.0 Å². The summed E-state index contributed by atoms with van der Waals surface area (Å²) in [5.41, 5.74) is 3.98. The first kappa shape index (κ1) is 32.2. The Morgan fingerprint density at radius 3 is 2.28 bits per heavy atom. The van der Waals surface area contributed by atoms with E-state index < -0.39 is 16.1 Å². The summed E-state index contributed by atoms with van der Waals surface area (Å²) >= 11 is 0. The first-order valence-corrected chi connectivity index (χ1v) is 16.8. The van der Waals surface area contributed by atoms with Crippen LogP contribution in [0.1, 0.15) is 60.8 Å². The molecule has 43 heavy (non-hydrogen) atoms. The maximum atomic E-state index is 14.0.